The molecule has 4 aliphatic carbocycles. The molecule has 0 heterocycles. The number of fused-ring (bicyclic) bond motifs is 5. The maximum absolute atomic E-state index is 13.1. The van der Waals surface area contributed by atoms with E-state index in [2.05, 4.69) is 32.4 Å². The van der Waals surface area contributed by atoms with Gasteiger partial charge in [0.2, 0.25) is 0 Å². The molecule has 4 fully saturated rings. The fourth-order valence-corrected chi connectivity index (χ4v) is 9.79. The number of rotatable bonds is 8. The molecule has 4 rings (SSSR count). The Morgan fingerprint density at radius 1 is 0.842 bits per heavy atom. The molecule has 0 spiro atoms. The molecule has 0 radical (unpaired) electrons. The highest BCUT2D eigenvalue weighted by Crippen LogP contribution is 2.68. The minimum absolute atomic E-state index is 0.0933. The fourth-order valence-electron chi connectivity index (χ4n) is 9.79. The predicted molar refractivity (Wildman–Crippen MR) is 135 cm³/mol. The fraction of sp³-hybridized carbons (Fsp3) is 1.00. The molecule has 0 saturated heterocycles. The van der Waals surface area contributed by atoms with E-state index in [1.54, 1.807) is 0 Å². The van der Waals surface area contributed by atoms with Crippen LogP contribution in [0, 0.1) is 46.3 Å². The maximum Gasteiger partial charge on any atom is 0.426 e. The van der Waals surface area contributed by atoms with Crippen LogP contribution in [0.25, 0.3) is 0 Å². The van der Waals surface area contributed by atoms with Gasteiger partial charge in [-0.1, -0.05) is 20.8 Å². The minimum atomic E-state index is -5.50. The summed E-state index contributed by atoms with van der Waals surface area (Å²) >= 11 is 0. The molecule has 8 heteroatoms. The van der Waals surface area contributed by atoms with Crippen LogP contribution in [0.5, 0.6) is 0 Å². The molecule has 0 aliphatic heterocycles. The van der Waals surface area contributed by atoms with Crippen molar-refractivity contribution in [3.05, 3.63) is 0 Å². The van der Waals surface area contributed by atoms with Gasteiger partial charge in [-0.15, -0.1) is 0 Å². The highest BCUT2D eigenvalue weighted by atomic mass is 19.4. The zero-order chi connectivity index (χ0) is 28.1. The first kappa shape index (κ1) is 30.5. The Balaban J connectivity index is 1.35. The molecule has 0 bridgehead atoms. The number of halogens is 6. The van der Waals surface area contributed by atoms with E-state index in [9.17, 15) is 26.3 Å². The summed E-state index contributed by atoms with van der Waals surface area (Å²) in [5, 5.41) is 0. The molecule has 0 aromatic rings. The van der Waals surface area contributed by atoms with E-state index in [-0.39, 0.29) is 24.7 Å². The summed E-state index contributed by atoms with van der Waals surface area (Å²) in [4.78, 5) is 0. The standard InChI is InChI=1S/C30H48F6O2/c1-6-37-21-13-15-26(3)20(18-21)9-10-22-24-12-11-23(27(24,4)16-14-25(22)26)19(2)8-7-17-38-28(5,29(31,32)33)30(34,35)36/h19-25H,6-18H2,1-5H3. The van der Waals surface area contributed by atoms with Crippen molar-refractivity contribution in [1.82, 2.24) is 0 Å². The summed E-state index contributed by atoms with van der Waals surface area (Å²) in [6.45, 7) is 9.54. The highest BCUT2D eigenvalue weighted by molar-refractivity contribution is 5.09. The van der Waals surface area contributed by atoms with Gasteiger partial charge in [0.1, 0.15) is 0 Å². The van der Waals surface area contributed by atoms with Crippen LogP contribution in [0.4, 0.5) is 26.3 Å². The van der Waals surface area contributed by atoms with Crippen LogP contribution in [-0.4, -0.2) is 37.3 Å². The van der Waals surface area contributed by atoms with Gasteiger partial charge in [-0.3, -0.25) is 0 Å². The molecule has 0 N–H and O–H groups in total. The van der Waals surface area contributed by atoms with Gasteiger partial charge in [-0.2, -0.15) is 26.3 Å². The van der Waals surface area contributed by atoms with Crippen molar-refractivity contribution in [3.8, 4) is 0 Å². The number of alkyl halides is 6. The van der Waals surface area contributed by atoms with Gasteiger partial charge in [0, 0.05) is 13.2 Å². The second kappa shape index (κ2) is 10.7. The summed E-state index contributed by atoms with van der Waals surface area (Å²) in [5.41, 5.74) is -3.52. The van der Waals surface area contributed by atoms with Crippen LogP contribution in [0.3, 0.4) is 0 Å². The number of ether oxygens (including phenoxy) is 2. The van der Waals surface area contributed by atoms with Gasteiger partial charge in [0.25, 0.3) is 5.60 Å². The van der Waals surface area contributed by atoms with E-state index in [4.69, 9.17) is 4.74 Å². The molecule has 38 heavy (non-hydrogen) atoms. The zero-order valence-electron chi connectivity index (χ0n) is 23.8. The molecule has 4 aliphatic rings. The Bertz CT molecular complexity index is 798. The first-order valence-electron chi connectivity index (χ1n) is 15.0. The number of hydrogen-bond acceptors (Lipinski definition) is 2. The van der Waals surface area contributed by atoms with Crippen LogP contribution < -0.4 is 0 Å². The first-order chi connectivity index (χ1) is 17.6. The van der Waals surface area contributed by atoms with Crippen LogP contribution >= 0.6 is 0 Å². The average Bonchev–Trinajstić information content (AvgIpc) is 3.18. The molecule has 2 nitrogen and oxygen atoms in total. The number of hydrogen-bond donors (Lipinski definition) is 0. The van der Waals surface area contributed by atoms with E-state index in [1.807, 2.05) is 0 Å². The second-order valence-corrected chi connectivity index (χ2v) is 13.7. The van der Waals surface area contributed by atoms with E-state index < -0.39 is 24.6 Å². The van der Waals surface area contributed by atoms with Crippen molar-refractivity contribution >= 4 is 0 Å². The Kier molecular flexibility index (Phi) is 8.59. The van der Waals surface area contributed by atoms with Crippen molar-refractivity contribution in [2.75, 3.05) is 13.2 Å². The van der Waals surface area contributed by atoms with Gasteiger partial charge in [-0.25, -0.2) is 0 Å². The molecule has 4 saturated carbocycles. The van der Waals surface area contributed by atoms with E-state index in [0.717, 1.165) is 37.2 Å². The van der Waals surface area contributed by atoms with Gasteiger partial charge in [0.05, 0.1) is 6.10 Å². The smallest absolute Gasteiger partial charge is 0.378 e. The SMILES string of the molecule is CCOC1CCC2(C)C(CCC3C2CCC2(C)C(C(C)CCCOC(C)(C(F)(F)F)C(F)(F)F)CCC32)C1. The summed E-state index contributed by atoms with van der Waals surface area (Å²) < 4.78 is 89.3. The normalized spacial score (nSPS) is 40.8. The summed E-state index contributed by atoms with van der Waals surface area (Å²) in [5.74, 6) is 3.62. The van der Waals surface area contributed by atoms with Crippen molar-refractivity contribution in [2.24, 2.45) is 46.3 Å². The third-order valence-electron chi connectivity index (χ3n) is 12.1. The zero-order valence-corrected chi connectivity index (χ0v) is 23.8. The predicted octanol–water partition coefficient (Wildman–Crippen LogP) is 9.37. The average molecular weight is 555 g/mol. The van der Waals surface area contributed by atoms with Crippen molar-refractivity contribution in [3.63, 3.8) is 0 Å². The Hall–Kier alpha value is -0.500. The van der Waals surface area contributed by atoms with E-state index in [0.29, 0.717) is 29.8 Å². The highest BCUT2D eigenvalue weighted by Gasteiger charge is 2.69. The van der Waals surface area contributed by atoms with E-state index >= 15 is 0 Å². The lowest BCUT2D eigenvalue weighted by Crippen LogP contribution is -2.56. The molecule has 0 aromatic heterocycles. The monoisotopic (exact) mass is 554 g/mol. The Morgan fingerprint density at radius 3 is 2.11 bits per heavy atom. The molecule has 0 amide bonds. The summed E-state index contributed by atoms with van der Waals surface area (Å²) in [7, 11) is 0. The van der Waals surface area contributed by atoms with E-state index in [1.165, 1.54) is 44.9 Å². The largest absolute Gasteiger partial charge is 0.426 e. The van der Waals surface area contributed by atoms with Crippen LogP contribution in [0.15, 0.2) is 0 Å². The molecule has 9 unspecified atom stereocenters. The van der Waals surface area contributed by atoms with Crippen molar-refractivity contribution in [1.29, 1.82) is 0 Å². The van der Waals surface area contributed by atoms with Crippen LogP contribution in [0.2, 0.25) is 0 Å². The topological polar surface area (TPSA) is 18.5 Å². The third kappa shape index (κ3) is 5.16. The lowest BCUT2D eigenvalue weighted by Gasteiger charge is -2.61. The lowest BCUT2D eigenvalue weighted by atomic mass is 9.44. The molecule has 222 valence electrons. The van der Waals surface area contributed by atoms with Gasteiger partial charge >= 0.3 is 12.4 Å². The Labute approximate surface area is 225 Å². The summed E-state index contributed by atoms with van der Waals surface area (Å²) in [6.07, 6.45) is 1.11. The quantitative estimate of drug-likeness (QED) is 0.220. The first-order valence-corrected chi connectivity index (χ1v) is 15.0. The van der Waals surface area contributed by atoms with Gasteiger partial charge in [-0.05, 0) is 131 Å². The van der Waals surface area contributed by atoms with Crippen molar-refractivity contribution < 1.29 is 35.8 Å². The minimum Gasteiger partial charge on any atom is -0.378 e. The lowest BCUT2D eigenvalue weighted by molar-refractivity contribution is -0.374. The van der Waals surface area contributed by atoms with Crippen LogP contribution in [-0.2, 0) is 9.47 Å². The molecular formula is C30H48F6O2. The van der Waals surface area contributed by atoms with Crippen molar-refractivity contribution in [2.45, 2.75) is 129 Å². The van der Waals surface area contributed by atoms with Gasteiger partial charge in [0.15, 0.2) is 0 Å². The van der Waals surface area contributed by atoms with Gasteiger partial charge < -0.3 is 9.47 Å². The molecule has 9 atom stereocenters. The molecular weight excluding hydrogens is 506 g/mol. The summed E-state index contributed by atoms with van der Waals surface area (Å²) in [6, 6.07) is 0. The Morgan fingerprint density at radius 2 is 1.47 bits per heavy atom. The second-order valence-electron chi connectivity index (χ2n) is 13.7. The third-order valence-corrected chi connectivity index (χ3v) is 12.1. The van der Waals surface area contributed by atoms with Crippen LogP contribution in [0.1, 0.15) is 105 Å². The maximum atomic E-state index is 13.1. The molecule has 0 aromatic carbocycles.